The molecular formula is C26H18O17. The number of ketones is 2. The first-order valence-corrected chi connectivity index (χ1v) is 11.3. The number of rotatable bonds is 7. The SMILES string of the molecule is O=C(c1cc(O)c(O)c(O)c1O)c1c(O)cc(O)cc1OOc1cc(C(=O)c2c(O)c(O)c(O)c(O)c2O)c(O)cc1O. The lowest BCUT2D eigenvalue weighted by molar-refractivity contribution is -0.102. The summed E-state index contributed by atoms with van der Waals surface area (Å²) in [5.74, 6) is -19.9. The highest BCUT2D eigenvalue weighted by Crippen LogP contribution is 2.52. The van der Waals surface area contributed by atoms with E-state index in [1.807, 2.05) is 0 Å². The predicted octanol–water partition coefficient (Wildman–Crippen LogP) is 1.69. The van der Waals surface area contributed by atoms with Gasteiger partial charge < -0.3 is 66.4 Å². The first-order valence-electron chi connectivity index (χ1n) is 11.3. The molecule has 0 aromatic heterocycles. The van der Waals surface area contributed by atoms with Crippen LogP contribution >= 0.6 is 0 Å². The fourth-order valence-corrected chi connectivity index (χ4v) is 3.75. The second-order valence-corrected chi connectivity index (χ2v) is 8.61. The topological polar surface area (TPSA) is 316 Å². The Morgan fingerprint density at radius 2 is 0.907 bits per heavy atom. The van der Waals surface area contributed by atoms with Crippen LogP contribution in [0.1, 0.15) is 31.8 Å². The summed E-state index contributed by atoms with van der Waals surface area (Å²) in [5.41, 5.74) is -3.83. The van der Waals surface area contributed by atoms with Gasteiger partial charge in [0.15, 0.2) is 34.5 Å². The number of aromatic hydroxyl groups is 13. The quantitative estimate of drug-likeness (QED) is 0.0470. The maximum absolute atomic E-state index is 13.1. The molecule has 0 spiro atoms. The van der Waals surface area contributed by atoms with E-state index in [1.165, 1.54) is 0 Å². The number of hydrogen-bond donors (Lipinski definition) is 13. The van der Waals surface area contributed by atoms with E-state index in [0.717, 1.165) is 0 Å². The summed E-state index contributed by atoms with van der Waals surface area (Å²) in [6.07, 6.45) is 0. The summed E-state index contributed by atoms with van der Waals surface area (Å²) in [4.78, 5) is 36.0. The molecule has 4 aromatic rings. The van der Waals surface area contributed by atoms with Crippen LogP contribution in [0.3, 0.4) is 0 Å². The van der Waals surface area contributed by atoms with Crippen molar-refractivity contribution in [2.75, 3.05) is 0 Å². The molecule has 17 nitrogen and oxygen atoms in total. The van der Waals surface area contributed by atoms with Crippen molar-refractivity contribution < 1.29 is 85.7 Å². The maximum atomic E-state index is 13.1. The molecular weight excluding hydrogens is 584 g/mol. The van der Waals surface area contributed by atoms with Gasteiger partial charge in [0.2, 0.25) is 46.1 Å². The lowest BCUT2D eigenvalue weighted by Crippen LogP contribution is -2.10. The third kappa shape index (κ3) is 4.78. The van der Waals surface area contributed by atoms with Gasteiger partial charge in [-0.3, -0.25) is 19.4 Å². The van der Waals surface area contributed by atoms with E-state index < -0.39 is 120 Å². The number of phenols is 13. The normalized spacial score (nSPS) is 10.8. The van der Waals surface area contributed by atoms with Gasteiger partial charge in [-0.2, -0.15) is 0 Å². The Labute approximate surface area is 236 Å². The Kier molecular flexibility index (Phi) is 7.01. The molecule has 0 saturated carbocycles. The average molecular weight is 602 g/mol. The number of benzene rings is 4. The second kappa shape index (κ2) is 10.3. The molecule has 13 N–H and O–H groups in total. The highest BCUT2D eigenvalue weighted by Gasteiger charge is 2.31. The molecule has 0 bridgehead atoms. The van der Waals surface area contributed by atoms with E-state index >= 15 is 0 Å². The van der Waals surface area contributed by atoms with Crippen LogP contribution in [0.2, 0.25) is 0 Å². The van der Waals surface area contributed by atoms with Gasteiger partial charge in [-0.25, -0.2) is 0 Å². The molecule has 4 rings (SSSR count). The third-order valence-corrected chi connectivity index (χ3v) is 5.91. The molecule has 4 aromatic carbocycles. The van der Waals surface area contributed by atoms with E-state index in [4.69, 9.17) is 9.78 Å². The zero-order valence-electron chi connectivity index (χ0n) is 20.8. The van der Waals surface area contributed by atoms with Gasteiger partial charge in [-0.05, 0) is 6.07 Å². The highest BCUT2D eigenvalue weighted by molar-refractivity contribution is 6.16. The minimum absolute atomic E-state index is 0.506. The van der Waals surface area contributed by atoms with E-state index in [0.29, 0.717) is 30.3 Å². The number of carbonyl (C=O) groups is 2. The number of carbonyl (C=O) groups excluding carboxylic acids is 2. The van der Waals surface area contributed by atoms with Crippen molar-refractivity contribution in [1.29, 1.82) is 0 Å². The minimum atomic E-state index is -1.50. The summed E-state index contributed by atoms with van der Waals surface area (Å²) in [7, 11) is 0. The van der Waals surface area contributed by atoms with Gasteiger partial charge in [-0.15, -0.1) is 0 Å². The van der Waals surface area contributed by atoms with Crippen molar-refractivity contribution in [2.24, 2.45) is 0 Å². The summed E-state index contributed by atoms with van der Waals surface area (Å²) < 4.78 is 0. The molecule has 0 aliphatic heterocycles. The zero-order valence-corrected chi connectivity index (χ0v) is 20.8. The monoisotopic (exact) mass is 602 g/mol. The van der Waals surface area contributed by atoms with E-state index in [-0.39, 0.29) is 0 Å². The smallest absolute Gasteiger partial charge is 0.221 e. The van der Waals surface area contributed by atoms with Crippen LogP contribution in [0.5, 0.6) is 86.2 Å². The predicted molar refractivity (Wildman–Crippen MR) is 136 cm³/mol. The molecule has 43 heavy (non-hydrogen) atoms. The summed E-state index contributed by atoms with van der Waals surface area (Å²) >= 11 is 0. The van der Waals surface area contributed by atoms with Crippen molar-refractivity contribution in [1.82, 2.24) is 0 Å². The zero-order chi connectivity index (χ0) is 32.1. The van der Waals surface area contributed by atoms with E-state index in [2.05, 4.69) is 0 Å². The van der Waals surface area contributed by atoms with Crippen LogP contribution in [-0.2, 0) is 0 Å². The third-order valence-electron chi connectivity index (χ3n) is 5.91. The van der Waals surface area contributed by atoms with Gasteiger partial charge >= 0.3 is 0 Å². The Morgan fingerprint density at radius 3 is 1.51 bits per heavy atom. The molecule has 0 aliphatic rings. The van der Waals surface area contributed by atoms with Crippen molar-refractivity contribution in [3.05, 3.63) is 52.6 Å². The van der Waals surface area contributed by atoms with Crippen molar-refractivity contribution in [3.63, 3.8) is 0 Å². The van der Waals surface area contributed by atoms with E-state index in [1.54, 1.807) is 0 Å². The van der Waals surface area contributed by atoms with Crippen LogP contribution in [-0.4, -0.2) is 78.0 Å². The Morgan fingerprint density at radius 1 is 0.395 bits per heavy atom. The van der Waals surface area contributed by atoms with Crippen molar-refractivity contribution in [2.45, 2.75) is 0 Å². The second-order valence-electron chi connectivity index (χ2n) is 8.61. The molecule has 17 heteroatoms. The average Bonchev–Trinajstić information content (AvgIpc) is 2.94. The van der Waals surface area contributed by atoms with Gasteiger partial charge in [0, 0.05) is 24.3 Å². The Hall–Kier alpha value is -6.78. The van der Waals surface area contributed by atoms with Crippen LogP contribution in [0.25, 0.3) is 0 Å². The van der Waals surface area contributed by atoms with Crippen molar-refractivity contribution in [3.8, 4) is 86.2 Å². The van der Waals surface area contributed by atoms with Gasteiger partial charge in [-0.1, -0.05) is 0 Å². The largest absolute Gasteiger partial charge is 0.508 e. The maximum Gasteiger partial charge on any atom is 0.221 e. The molecule has 0 atom stereocenters. The molecule has 0 saturated heterocycles. The van der Waals surface area contributed by atoms with Gasteiger partial charge in [0.05, 0.1) is 11.1 Å². The van der Waals surface area contributed by atoms with E-state index in [9.17, 15) is 76.0 Å². The number of hydrogen-bond acceptors (Lipinski definition) is 17. The summed E-state index contributed by atoms with van der Waals surface area (Å²) in [5, 5.41) is 129. The fraction of sp³-hybridized carbons (Fsp3) is 0. The fourth-order valence-electron chi connectivity index (χ4n) is 3.75. The Balaban J connectivity index is 1.76. The molecule has 0 unspecified atom stereocenters. The first kappa shape index (κ1) is 29.2. The van der Waals surface area contributed by atoms with Crippen molar-refractivity contribution >= 4 is 11.6 Å². The van der Waals surface area contributed by atoms with Crippen LogP contribution < -0.4 is 9.78 Å². The Bertz CT molecular complexity index is 1810. The standard InChI is InChI=1S/C26H18O17/c27-6-1-11(30)15(18(33)8-3-12(31)20(35)23(38)19(8)34)14(2-6)43-42-13-4-7(9(28)5-10(13)29)17(32)16-21(36)24(39)26(41)25(40)22(16)37/h1-5,27-31,34-41H. The first-order chi connectivity index (χ1) is 20.1. The molecule has 0 amide bonds. The molecule has 0 aliphatic carbocycles. The van der Waals surface area contributed by atoms with Gasteiger partial charge in [0.25, 0.3) is 0 Å². The van der Waals surface area contributed by atoms with Gasteiger partial charge in [0.1, 0.15) is 28.4 Å². The minimum Gasteiger partial charge on any atom is -0.508 e. The molecule has 224 valence electrons. The lowest BCUT2D eigenvalue weighted by Gasteiger charge is -2.15. The summed E-state index contributed by atoms with van der Waals surface area (Å²) in [6.45, 7) is 0. The lowest BCUT2D eigenvalue weighted by atomic mass is 9.98. The van der Waals surface area contributed by atoms with Crippen LogP contribution in [0.15, 0.2) is 30.3 Å². The molecule has 0 heterocycles. The molecule has 0 radical (unpaired) electrons. The summed E-state index contributed by atoms with van der Waals surface area (Å²) in [6, 6.07) is 2.92. The van der Waals surface area contributed by atoms with Crippen LogP contribution in [0, 0.1) is 0 Å². The van der Waals surface area contributed by atoms with Crippen LogP contribution in [0.4, 0.5) is 0 Å². The molecule has 0 fully saturated rings. The highest BCUT2D eigenvalue weighted by atomic mass is 17.2. The number of phenolic OH excluding ortho intramolecular Hbond substituents is 13.